The second-order valence-electron chi connectivity index (χ2n) is 5.95. The first-order valence-corrected chi connectivity index (χ1v) is 7.70. The molecule has 4 nitrogen and oxygen atoms in total. The first kappa shape index (κ1) is 13.4. The smallest absolute Gasteiger partial charge is 0.142 e. The van der Waals surface area contributed by atoms with Crippen LogP contribution in [0.1, 0.15) is 44.7 Å². The molecule has 1 aromatic heterocycles. The number of nitriles is 1. The van der Waals surface area contributed by atoms with E-state index in [-0.39, 0.29) is 0 Å². The van der Waals surface area contributed by atoms with E-state index in [2.05, 4.69) is 28.2 Å². The van der Waals surface area contributed by atoms with Crippen LogP contribution in [0.15, 0.2) is 18.2 Å². The third-order valence-electron chi connectivity index (χ3n) is 4.50. The molecule has 0 saturated carbocycles. The SMILES string of the molecule is CCCN(c1cccc(C#N)n1)C1CC2CCC(C1)N2. The van der Waals surface area contributed by atoms with Crippen LogP contribution in [0.2, 0.25) is 0 Å². The van der Waals surface area contributed by atoms with Crippen molar-refractivity contribution < 1.29 is 0 Å². The average Bonchev–Trinajstić information content (AvgIpc) is 2.83. The fraction of sp³-hybridized carbons (Fsp3) is 0.625. The summed E-state index contributed by atoms with van der Waals surface area (Å²) in [5, 5.41) is 12.7. The zero-order chi connectivity index (χ0) is 13.9. The Morgan fingerprint density at radius 2 is 2.10 bits per heavy atom. The minimum absolute atomic E-state index is 0.514. The number of piperidine rings is 1. The van der Waals surface area contributed by atoms with Gasteiger partial charge >= 0.3 is 0 Å². The maximum absolute atomic E-state index is 9.04. The van der Waals surface area contributed by atoms with Crippen molar-refractivity contribution in [1.29, 1.82) is 5.26 Å². The molecule has 0 radical (unpaired) electrons. The predicted octanol–water partition coefficient (Wildman–Crippen LogP) is 2.45. The molecular formula is C16H22N4. The Bertz CT molecular complexity index is 495. The summed E-state index contributed by atoms with van der Waals surface area (Å²) in [5.41, 5.74) is 0.514. The van der Waals surface area contributed by atoms with Gasteiger partial charge in [0.25, 0.3) is 0 Å². The van der Waals surface area contributed by atoms with Crippen LogP contribution < -0.4 is 10.2 Å². The van der Waals surface area contributed by atoms with Crippen molar-refractivity contribution in [2.75, 3.05) is 11.4 Å². The van der Waals surface area contributed by atoms with E-state index in [1.165, 1.54) is 25.7 Å². The monoisotopic (exact) mass is 270 g/mol. The Morgan fingerprint density at radius 1 is 1.35 bits per heavy atom. The third kappa shape index (κ3) is 2.64. The number of pyridine rings is 1. The molecule has 2 aliphatic rings. The zero-order valence-corrected chi connectivity index (χ0v) is 12.0. The molecule has 20 heavy (non-hydrogen) atoms. The molecule has 1 N–H and O–H groups in total. The minimum atomic E-state index is 0.514. The van der Waals surface area contributed by atoms with Gasteiger partial charge in [0.05, 0.1) is 0 Å². The highest BCUT2D eigenvalue weighted by molar-refractivity contribution is 5.43. The van der Waals surface area contributed by atoms with Crippen molar-refractivity contribution >= 4 is 5.82 Å². The fourth-order valence-electron chi connectivity index (χ4n) is 3.65. The van der Waals surface area contributed by atoms with Crippen molar-refractivity contribution in [3.8, 4) is 6.07 Å². The molecule has 3 rings (SSSR count). The first-order chi connectivity index (χ1) is 9.80. The number of nitrogens with zero attached hydrogens (tertiary/aromatic N) is 3. The number of anilines is 1. The van der Waals surface area contributed by atoms with E-state index in [1.54, 1.807) is 6.07 Å². The van der Waals surface area contributed by atoms with E-state index in [4.69, 9.17) is 5.26 Å². The van der Waals surface area contributed by atoms with Crippen LogP contribution in [-0.2, 0) is 0 Å². The summed E-state index contributed by atoms with van der Waals surface area (Å²) in [6.45, 7) is 3.23. The van der Waals surface area contributed by atoms with Crippen molar-refractivity contribution in [2.45, 2.75) is 57.2 Å². The number of nitrogens with one attached hydrogen (secondary N) is 1. The highest BCUT2D eigenvalue weighted by atomic mass is 15.2. The average molecular weight is 270 g/mol. The van der Waals surface area contributed by atoms with Crippen molar-refractivity contribution in [3.63, 3.8) is 0 Å². The van der Waals surface area contributed by atoms with Crippen LogP contribution in [0.3, 0.4) is 0 Å². The van der Waals surface area contributed by atoms with Gasteiger partial charge < -0.3 is 10.2 Å². The number of fused-ring (bicyclic) bond motifs is 2. The Balaban J connectivity index is 1.83. The van der Waals surface area contributed by atoms with E-state index < -0.39 is 0 Å². The van der Waals surface area contributed by atoms with Gasteiger partial charge in [-0.05, 0) is 44.2 Å². The van der Waals surface area contributed by atoms with E-state index in [9.17, 15) is 0 Å². The van der Waals surface area contributed by atoms with Crippen molar-refractivity contribution in [1.82, 2.24) is 10.3 Å². The summed E-state index contributed by atoms with van der Waals surface area (Å²) in [6.07, 6.45) is 6.14. The number of rotatable bonds is 4. The van der Waals surface area contributed by atoms with Crippen LogP contribution in [0.25, 0.3) is 0 Å². The number of aromatic nitrogens is 1. The van der Waals surface area contributed by atoms with Gasteiger partial charge in [0.2, 0.25) is 0 Å². The lowest BCUT2D eigenvalue weighted by molar-refractivity contribution is 0.345. The summed E-state index contributed by atoms with van der Waals surface area (Å²) in [6, 6.07) is 9.83. The van der Waals surface area contributed by atoms with Gasteiger partial charge in [0.15, 0.2) is 0 Å². The Morgan fingerprint density at radius 3 is 2.75 bits per heavy atom. The molecule has 1 aromatic rings. The third-order valence-corrected chi connectivity index (χ3v) is 4.50. The summed E-state index contributed by atoms with van der Waals surface area (Å²) < 4.78 is 0. The quantitative estimate of drug-likeness (QED) is 0.913. The maximum Gasteiger partial charge on any atom is 0.142 e. The molecule has 2 aliphatic heterocycles. The van der Waals surface area contributed by atoms with Gasteiger partial charge in [0, 0.05) is 24.7 Å². The molecule has 2 bridgehead atoms. The second kappa shape index (κ2) is 5.80. The van der Waals surface area contributed by atoms with Crippen LogP contribution >= 0.6 is 0 Å². The summed E-state index contributed by atoms with van der Waals surface area (Å²) in [5.74, 6) is 0.970. The molecule has 4 heteroatoms. The zero-order valence-electron chi connectivity index (χ0n) is 12.0. The molecule has 0 spiro atoms. The van der Waals surface area contributed by atoms with Crippen LogP contribution in [0, 0.1) is 11.3 Å². The topological polar surface area (TPSA) is 52.0 Å². The Kier molecular flexibility index (Phi) is 3.88. The lowest BCUT2D eigenvalue weighted by Crippen LogP contribution is -2.49. The summed E-state index contributed by atoms with van der Waals surface area (Å²) >= 11 is 0. The molecule has 3 heterocycles. The first-order valence-electron chi connectivity index (χ1n) is 7.70. The fourth-order valence-corrected chi connectivity index (χ4v) is 3.65. The number of hydrogen-bond donors (Lipinski definition) is 1. The van der Waals surface area contributed by atoms with Gasteiger partial charge in [-0.1, -0.05) is 13.0 Å². The summed E-state index contributed by atoms with van der Waals surface area (Å²) in [7, 11) is 0. The summed E-state index contributed by atoms with van der Waals surface area (Å²) in [4.78, 5) is 6.92. The van der Waals surface area contributed by atoms with Gasteiger partial charge in [-0.2, -0.15) is 5.26 Å². The molecule has 2 unspecified atom stereocenters. The molecular weight excluding hydrogens is 248 g/mol. The lowest BCUT2D eigenvalue weighted by Gasteiger charge is -2.38. The van der Waals surface area contributed by atoms with E-state index in [1.807, 2.05) is 12.1 Å². The Labute approximate surface area is 120 Å². The number of hydrogen-bond acceptors (Lipinski definition) is 4. The maximum atomic E-state index is 9.04. The lowest BCUT2D eigenvalue weighted by atomic mass is 9.98. The van der Waals surface area contributed by atoms with Crippen LogP contribution in [0.4, 0.5) is 5.82 Å². The molecule has 2 saturated heterocycles. The van der Waals surface area contributed by atoms with Gasteiger partial charge in [0.1, 0.15) is 17.6 Å². The van der Waals surface area contributed by atoms with Crippen molar-refractivity contribution in [2.24, 2.45) is 0 Å². The van der Waals surface area contributed by atoms with E-state index >= 15 is 0 Å². The molecule has 0 amide bonds. The normalized spacial score (nSPS) is 28.1. The largest absolute Gasteiger partial charge is 0.353 e. The molecule has 0 aromatic carbocycles. The molecule has 2 atom stereocenters. The second-order valence-corrected chi connectivity index (χ2v) is 5.95. The standard InChI is InChI=1S/C16H22N4/c1-2-8-20(16-5-3-4-14(11-17)19-16)15-9-12-6-7-13(10-15)18-12/h3-5,12-13,15,18H,2,6-10H2,1H3. The highest BCUT2D eigenvalue weighted by Crippen LogP contribution is 2.31. The van der Waals surface area contributed by atoms with Gasteiger partial charge in [-0.3, -0.25) is 0 Å². The van der Waals surface area contributed by atoms with Gasteiger partial charge in [-0.25, -0.2) is 4.98 Å². The highest BCUT2D eigenvalue weighted by Gasteiger charge is 2.36. The predicted molar refractivity (Wildman–Crippen MR) is 79.6 cm³/mol. The van der Waals surface area contributed by atoms with Crippen LogP contribution in [-0.4, -0.2) is 29.7 Å². The van der Waals surface area contributed by atoms with Crippen molar-refractivity contribution in [3.05, 3.63) is 23.9 Å². The van der Waals surface area contributed by atoms with Gasteiger partial charge in [-0.15, -0.1) is 0 Å². The molecule has 0 aliphatic carbocycles. The molecule has 2 fully saturated rings. The van der Waals surface area contributed by atoms with Crippen LogP contribution in [0.5, 0.6) is 0 Å². The molecule has 106 valence electrons. The van der Waals surface area contributed by atoms with E-state index in [0.717, 1.165) is 18.8 Å². The van der Waals surface area contributed by atoms with E-state index in [0.29, 0.717) is 23.8 Å². The Hall–Kier alpha value is -1.60. The minimum Gasteiger partial charge on any atom is -0.353 e.